The van der Waals surface area contributed by atoms with E-state index in [0.717, 1.165) is 0 Å². The molecule has 1 aromatic heterocycles. The average molecular weight is 237 g/mol. The van der Waals surface area contributed by atoms with E-state index in [0.29, 0.717) is 11.4 Å². The number of nitrogens with zero attached hydrogens (tertiary/aromatic N) is 1. The van der Waals surface area contributed by atoms with Crippen molar-refractivity contribution in [3.8, 4) is 5.75 Å². The highest BCUT2D eigenvalue weighted by atomic mass is 16.5. The molecule has 0 aliphatic rings. The van der Waals surface area contributed by atoms with E-state index in [2.05, 4.69) is 4.98 Å². The van der Waals surface area contributed by atoms with Crippen molar-refractivity contribution in [2.24, 2.45) is 0 Å². The van der Waals surface area contributed by atoms with E-state index in [-0.39, 0.29) is 18.7 Å². The molecule has 0 bridgehead atoms. The van der Waals surface area contributed by atoms with Gasteiger partial charge in [0.25, 0.3) is 0 Å². The van der Waals surface area contributed by atoms with Gasteiger partial charge in [0, 0.05) is 5.69 Å². The molecule has 0 aromatic carbocycles. The summed E-state index contributed by atoms with van der Waals surface area (Å²) in [6, 6.07) is 3.39. The highest BCUT2D eigenvalue weighted by molar-refractivity contribution is 6.06. The monoisotopic (exact) mass is 237 g/mol. The van der Waals surface area contributed by atoms with E-state index in [1.807, 2.05) is 0 Å². The molecular formula is C12H15NO4. The number of pyridine rings is 1. The number of esters is 1. The van der Waals surface area contributed by atoms with Crippen molar-refractivity contribution in [3.63, 3.8) is 0 Å². The van der Waals surface area contributed by atoms with E-state index >= 15 is 0 Å². The van der Waals surface area contributed by atoms with Gasteiger partial charge in [-0.05, 0) is 26.0 Å². The first-order chi connectivity index (χ1) is 8.08. The van der Waals surface area contributed by atoms with Crippen LogP contribution < -0.4 is 4.74 Å². The molecule has 0 saturated heterocycles. The molecular weight excluding hydrogens is 222 g/mol. The molecule has 0 atom stereocenters. The van der Waals surface area contributed by atoms with Gasteiger partial charge >= 0.3 is 5.97 Å². The number of carbonyl (C=O) groups is 2. The van der Waals surface area contributed by atoms with Gasteiger partial charge in [0.2, 0.25) is 0 Å². The van der Waals surface area contributed by atoms with Crippen LogP contribution in [-0.2, 0) is 9.53 Å². The van der Waals surface area contributed by atoms with Gasteiger partial charge in [-0.1, -0.05) is 0 Å². The van der Waals surface area contributed by atoms with Gasteiger partial charge in [-0.25, -0.2) is 4.98 Å². The fourth-order valence-corrected chi connectivity index (χ4v) is 1.34. The molecule has 5 nitrogen and oxygen atoms in total. The molecule has 0 amide bonds. The summed E-state index contributed by atoms with van der Waals surface area (Å²) in [5.74, 6) is -0.586. The number of aryl methyl sites for hydroxylation is 1. The zero-order valence-corrected chi connectivity index (χ0v) is 10.1. The lowest BCUT2D eigenvalue weighted by Crippen LogP contribution is -2.13. The summed E-state index contributed by atoms with van der Waals surface area (Å²) in [6.45, 7) is 3.71. The lowest BCUT2D eigenvalue weighted by atomic mass is 10.1. The number of aromatic nitrogens is 1. The van der Waals surface area contributed by atoms with Crippen LogP contribution in [0.25, 0.3) is 0 Å². The number of Topliss-reactive ketones (excluding diaryl/α,β-unsaturated/α-hetero) is 1. The number of hydrogen-bond acceptors (Lipinski definition) is 5. The standard InChI is InChI=1S/C12H15NO4/c1-4-17-11(15)7-9(14)12-10(16-3)6-5-8(2)13-12/h5-6H,4,7H2,1-3H3. The average Bonchev–Trinajstić information content (AvgIpc) is 2.29. The van der Waals surface area contributed by atoms with Crippen molar-refractivity contribution in [2.45, 2.75) is 20.3 Å². The van der Waals surface area contributed by atoms with Crippen LogP contribution in [0.5, 0.6) is 5.75 Å². The summed E-state index contributed by atoms with van der Waals surface area (Å²) < 4.78 is 9.74. The molecule has 1 rings (SSSR count). The number of ether oxygens (including phenoxy) is 2. The van der Waals surface area contributed by atoms with Gasteiger partial charge in [0.1, 0.15) is 17.9 Å². The summed E-state index contributed by atoms with van der Waals surface area (Å²) in [6.07, 6.45) is -0.319. The molecule has 1 aromatic rings. The molecule has 1 heterocycles. The van der Waals surface area contributed by atoms with Crippen LogP contribution in [0.15, 0.2) is 12.1 Å². The van der Waals surface area contributed by atoms with E-state index < -0.39 is 11.8 Å². The molecule has 92 valence electrons. The summed E-state index contributed by atoms with van der Waals surface area (Å²) in [5, 5.41) is 0. The molecule has 0 aliphatic heterocycles. The fraction of sp³-hybridized carbons (Fsp3) is 0.417. The third kappa shape index (κ3) is 3.55. The Bertz CT molecular complexity index is 429. The zero-order valence-electron chi connectivity index (χ0n) is 10.1. The van der Waals surface area contributed by atoms with Gasteiger partial charge in [-0.15, -0.1) is 0 Å². The van der Waals surface area contributed by atoms with Crippen molar-refractivity contribution in [1.29, 1.82) is 0 Å². The highest BCUT2D eigenvalue weighted by Crippen LogP contribution is 2.18. The van der Waals surface area contributed by atoms with E-state index in [1.165, 1.54) is 7.11 Å². The number of rotatable bonds is 5. The Kier molecular flexibility index (Phi) is 4.63. The lowest BCUT2D eigenvalue weighted by molar-refractivity contribution is -0.141. The Morgan fingerprint density at radius 2 is 2.06 bits per heavy atom. The Morgan fingerprint density at radius 1 is 1.35 bits per heavy atom. The summed E-state index contributed by atoms with van der Waals surface area (Å²) >= 11 is 0. The Hall–Kier alpha value is -1.91. The minimum atomic E-state index is -0.553. The number of methoxy groups -OCH3 is 1. The molecule has 5 heteroatoms. The first-order valence-electron chi connectivity index (χ1n) is 5.29. The number of hydrogen-bond donors (Lipinski definition) is 0. The van der Waals surface area contributed by atoms with Crippen molar-refractivity contribution in [3.05, 3.63) is 23.5 Å². The van der Waals surface area contributed by atoms with E-state index in [9.17, 15) is 9.59 Å². The third-order valence-corrected chi connectivity index (χ3v) is 2.09. The molecule has 0 saturated carbocycles. The minimum Gasteiger partial charge on any atom is -0.494 e. The van der Waals surface area contributed by atoms with Crippen LogP contribution in [0, 0.1) is 6.92 Å². The lowest BCUT2D eigenvalue weighted by Gasteiger charge is -2.07. The van der Waals surface area contributed by atoms with E-state index in [1.54, 1.807) is 26.0 Å². The summed E-state index contributed by atoms with van der Waals surface area (Å²) in [7, 11) is 1.45. The molecule has 0 fully saturated rings. The minimum absolute atomic E-state index is 0.167. The highest BCUT2D eigenvalue weighted by Gasteiger charge is 2.18. The topological polar surface area (TPSA) is 65.5 Å². The van der Waals surface area contributed by atoms with Crippen LogP contribution in [0.3, 0.4) is 0 Å². The van der Waals surface area contributed by atoms with Crippen molar-refractivity contribution < 1.29 is 19.1 Å². The maximum Gasteiger partial charge on any atom is 0.313 e. The second-order valence-electron chi connectivity index (χ2n) is 3.41. The Morgan fingerprint density at radius 3 is 2.65 bits per heavy atom. The largest absolute Gasteiger partial charge is 0.494 e. The molecule has 0 aliphatic carbocycles. The molecule has 17 heavy (non-hydrogen) atoms. The first-order valence-corrected chi connectivity index (χ1v) is 5.29. The van der Waals surface area contributed by atoms with Gasteiger partial charge < -0.3 is 9.47 Å². The summed E-state index contributed by atoms with van der Waals surface area (Å²) in [5.41, 5.74) is 0.860. The first kappa shape index (κ1) is 13.2. The predicted octanol–water partition coefficient (Wildman–Crippen LogP) is 1.53. The molecule has 0 N–H and O–H groups in total. The maximum absolute atomic E-state index is 11.8. The van der Waals surface area contributed by atoms with Crippen molar-refractivity contribution >= 4 is 11.8 Å². The second-order valence-corrected chi connectivity index (χ2v) is 3.41. The van der Waals surface area contributed by atoms with Crippen molar-refractivity contribution in [1.82, 2.24) is 4.98 Å². The van der Waals surface area contributed by atoms with Crippen molar-refractivity contribution in [2.75, 3.05) is 13.7 Å². The van der Waals surface area contributed by atoms with Crippen LogP contribution in [0.4, 0.5) is 0 Å². The Labute approximate surface area is 99.8 Å². The summed E-state index contributed by atoms with van der Waals surface area (Å²) in [4.78, 5) is 27.1. The predicted molar refractivity (Wildman–Crippen MR) is 61.1 cm³/mol. The molecule has 0 unspecified atom stereocenters. The SMILES string of the molecule is CCOC(=O)CC(=O)c1nc(C)ccc1OC. The third-order valence-electron chi connectivity index (χ3n) is 2.09. The quantitative estimate of drug-likeness (QED) is 0.441. The number of carbonyl (C=O) groups excluding carboxylic acids is 2. The fourth-order valence-electron chi connectivity index (χ4n) is 1.34. The number of ketones is 1. The van der Waals surface area contributed by atoms with Gasteiger partial charge in [0.15, 0.2) is 5.78 Å². The van der Waals surface area contributed by atoms with Crippen LogP contribution in [-0.4, -0.2) is 30.5 Å². The Balaban J connectivity index is 2.87. The van der Waals surface area contributed by atoms with Crippen LogP contribution in [0.2, 0.25) is 0 Å². The molecule has 0 spiro atoms. The van der Waals surface area contributed by atoms with Crippen LogP contribution >= 0.6 is 0 Å². The van der Waals surface area contributed by atoms with Gasteiger partial charge in [0.05, 0.1) is 13.7 Å². The zero-order chi connectivity index (χ0) is 12.8. The van der Waals surface area contributed by atoms with Gasteiger partial charge in [-0.2, -0.15) is 0 Å². The second kappa shape index (κ2) is 5.98. The van der Waals surface area contributed by atoms with Gasteiger partial charge in [-0.3, -0.25) is 9.59 Å². The normalized spacial score (nSPS) is 9.82. The van der Waals surface area contributed by atoms with E-state index in [4.69, 9.17) is 9.47 Å². The van der Waals surface area contributed by atoms with Crippen LogP contribution in [0.1, 0.15) is 29.5 Å². The smallest absolute Gasteiger partial charge is 0.313 e. The molecule has 0 radical (unpaired) electrons. The maximum atomic E-state index is 11.8.